The van der Waals surface area contributed by atoms with E-state index in [4.69, 9.17) is 18.8 Å². The van der Waals surface area contributed by atoms with Gasteiger partial charge in [-0.1, -0.05) is 38.8 Å². The average Bonchev–Trinajstić information content (AvgIpc) is 3.73. The number of rotatable bonds is 10. The van der Waals surface area contributed by atoms with Crippen molar-refractivity contribution in [1.82, 2.24) is 19.9 Å². The minimum Gasteiger partial charge on any atom is -0.506 e. The summed E-state index contributed by atoms with van der Waals surface area (Å²) in [5, 5.41) is 22.9. The third-order valence-electron chi connectivity index (χ3n) is 8.24. The van der Waals surface area contributed by atoms with Crippen LogP contribution in [0.5, 0.6) is 11.5 Å². The number of oxazole rings is 2. The molecule has 230 valence electrons. The molecule has 0 spiro atoms. The zero-order valence-corrected chi connectivity index (χ0v) is 25.8. The van der Waals surface area contributed by atoms with Crippen LogP contribution >= 0.6 is 0 Å². The Bertz CT molecular complexity index is 2000. The summed E-state index contributed by atoms with van der Waals surface area (Å²) >= 11 is 0. The molecule has 0 atom stereocenters. The molecule has 0 radical (unpaired) electrons. The van der Waals surface area contributed by atoms with Crippen molar-refractivity contribution in [3.05, 3.63) is 96.3 Å². The largest absolute Gasteiger partial charge is 0.506 e. The molecule has 3 aromatic carbocycles. The van der Waals surface area contributed by atoms with E-state index in [9.17, 15) is 10.2 Å². The second-order valence-corrected chi connectivity index (χ2v) is 11.5. The van der Waals surface area contributed by atoms with E-state index >= 15 is 0 Å². The van der Waals surface area contributed by atoms with Gasteiger partial charge in [0.1, 0.15) is 22.5 Å². The maximum atomic E-state index is 11.5. The van der Waals surface area contributed by atoms with Crippen LogP contribution in [-0.2, 0) is 12.8 Å². The van der Waals surface area contributed by atoms with Gasteiger partial charge in [0, 0.05) is 23.5 Å². The fourth-order valence-corrected chi connectivity index (χ4v) is 5.81. The zero-order valence-electron chi connectivity index (χ0n) is 25.8. The Hall–Kier alpha value is -5.50. The summed E-state index contributed by atoms with van der Waals surface area (Å²) in [5.41, 5.74) is 7.74. The molecular formula is C38H34N4O4. The first kappa shape index (κ1) is 29.2. The van der Waals surface area contributed by atoms with E-state index in [-0.39, 0.29) is 23.3 Å². The second kappa shape index (κ2) is 12.5. The Morgan fingerprint density at radius 3 is 1.39 bits per heavy atom. The number of nitrogens with zero attached hydrogens (tertiary/aromatic N) is 4. The van der Waals surface area contributed by atoms with Crippen molar-refractivity contribution in [1.29, 1.82) is 0 Å². The van der Waals surface area contributed by atoms with Crippen LogP contribution in [0.3, 0.4) is 0 Å². The van der Waals surface area contributed by atoms with Crippen LogP contribution in [0.25, 0.3) is 67.6 Å². The van der Waals surface area contributed by atoms with Crippen LogP contribution in [0.1, 0.15) is 50.7 Å². The van der Waals surface area contributed by atoms with Crippen LogP contribution in [-0.4, -0.2) is 30.1 Å². The molecule has 46 heavy (non-hydrogen) atoms. The van der Waals surface area contributed by atoms with Crippen LogP contribution < -0.4 is 0 Å². The lowest BCUT2D eigenvalue weighted by molar-refractivity contribution is 0.475. The number of hydrogen-bond donors (Lipinski definition) is 2. The minimum absolute atomic E-state index is 0.0541. The van der Waals surface area contributed by atoms with E-state index in [0.717, 1.165) is 49.7 Å². The lowest BCUT2D eigenvalue weighted by Crippen LogP contribution is -1.92. The number of aryl methyl sites for hydroxylation is 2. The quantitative estimate of drug-likeness (QED) is 0.157. The van der Waals surface area contributed by atoms with Gasteiger partial charge in [-0.2, -0.15) is 0 Å². The van der Waals surface area contributed by atoms with Crippen LogP contribution in [0, 0.1) is 0 Å². The smallest absolute Gasteiger partial charge is 0.231 e. The van der Waals surface area contributed by atoms with Gasteiger partial charge in [-0.15, -0.1) is 0 Å². The highest BCUT2D eigenvalue weighted by Crippen LogP contribution is 2.43. The Labute approximate surface area is 266 Å². The predicted molar refractivity (Wildman–Crippen MR) is 179 cm³/mol. The lowest BCUT2D eigenvalue weighted by Gasteiger charge is -2.11. The van der Waals surface area contributed by atoms with Gasteiger partial charge in [0.15, 0.2) is 11.2 Å². The third kappa shape index (κ3) is 5.47. The molecule has 0 saturated carbocycles. The van der Waals surface area contributed by atoms with Gasteiger partial charge < -0.3 is 19.0 Å². The van der Waals surface area contributed by atoms with E-state index in [1.54, 1.807) is 24.5 Å². The van der Waals surface area contributed by atoms with Gasteiger partial charge in [0.05, 0.1) is 22.5 Å². The summed E-state index contributed by atoms with van der Waals surface area (Å²) in [7, 11) is 0. The Morgan fingerprint density at radius 1 is 0.565 bits per heavy atom. The fraction of sp³-hybridized carbons (Fsp3) is 0.211. The first-order valence-corrected chi connectivity index (χ1v) is 15.8. The molecule has 0 aliphatic heterocycles. The third-order valence-corrected chi connectivity index (χ3v) is 8.24. The molecule has 2 N–H and O–H groups in total. The van der Waals surface area contributed by atoms with Crippen molar-refractivity contribution in [2.24, 2.45) is 0 Å². The lowest BCUT2D eigenvalue weighted by atomic mass is 9.98. The number of hydrogen-bond acceptors (Lipinski definition) is 8. The predicted octanol–water partition coefficient (Wildman–Crippen LogP) is 9.52. The average molecular weight is 611 g/mol. The Morgan fingerprint density at radius 2 is 1.00 bits per heavy atom. The fourth-order valence-electron chi connectivity index (χ4n) is 5.81. The molecule has 0 aliphatic rings. The molecule has 0 bridgehead atoms. The molecule has 7 aromatic rings. The van der Waals surface area contributed by atoms with E-state index in [2.05, 4.69) is 23.8 Å². The summed E-state index contributed by atoms with van der Waals surface area (Å²) in [5.74, 6) is 0.667. The minimum atomic E-state index is 0.0541. The number of fused-ring (bicyclic) bond motifs is 3. The molecule has 7 rings (SSSR count). The molecule has 0 amide bonds. The molecule has 0 unspecified atom stereocenters. The van der Waals surface area contributed by atoms with Crippen molar-refractivity contribution >= 4 is 22.2 Å². The van der Waals surface area contributed by atoms with E-state index in [0.29, 0.717) is 55.8 Å². The van der Waals surface area contributed by atoms with Crippen molar-refractivity contribution in [2.45, 2.75) is 52.4 Å². The molecule has 0 fully saturated rings. The molecule has 8 nitrogen and oxygen atoms in total. The van der Waals surface area contributed by atoms with Gasteiger partial charge in [0.2, 0.25) is 11.8 Å². The summed E-state index contributed by atoms with van der Waals surface area (Å²) in [6.45, 7) is 4.31. The molecule has 0 aliphatic carbocycles. The van der Waals surface area contributed by atoms with Gasteiger partial charge in [-0.05, 0) is 97.5 Å². The van der Waals surface area contributed by atoms with Crippen molar-refractivity contribution < 1.29 is 19.0 Å². The van der Waals surface area contributed by atoms with E-state index in [1.165, 1.54) is 0 Å². The topological polar surface area (TPSA) is 118 Å². The van der Waals surface area contributed by atoms with Gasteiger partial charge in [-0.25, -0.2) is 9.97 Å². The summed E-state index contributed by atoms with van der Waals surface area (Å²) in [4.78, 5) is 18.6. The molecule has 0 saturated heterocycles. The number of unbranched alkanes of at least 4 members (excludes halogenated alkanes) is 2. The number of phenols is 2. The number of aromatic hydroxyl groups is 2. The standard InChI is InChI=1S/C38H34N4O4/c1-3-5-11-23-19-25(29-13-7-9-17-39-29)35(43)27(21-23)37-41-33-31(45-37)15-16-32-34(33)42-38(46-32)28-22-24(12-6-4-2)20-26(36(28)44)30-14-8-10-18-40-30/h7-10,13-22,43-44H,3-6,11-12H2,1-2H3. The number of phenolic OH excluding ortho intramolecular Hbond substituents is 2. The normalized spacial score (nSPS) is 11.5. The summed E-state index contributed by atoms with van der Waals surface area (Å²) < 4.78 is 12.5. The van der Waals surface area contributed by atoms with Gasteiger partial charge >= 0.3 is 0 Å². The SMILES string of the molecule is CCCCc1cc(-c2ccccn2)c(O)c(-c2nc3c(ccc4oc(-c5cc(CCCC)cc(-c6ccccn6)c5O)nc43)o2)c1. The molecule has 8 heteroatoms. The number of benzene rings is 3. The highest BCUT2D eigenvalue weighted by molar-refractivity contribution is 6.01. The molecule has 4 aromatic heterocycles. The molecule has 4 heterocycles. The van der Waals surface area contributed by atoms with Crippen molar-refractivity contribution in [3.63, 3.8) is 0 Å². The molecular weight excluding hydrogens is 576 g/mol. The van der Waals surface area contributed by atoms with Crippen molar-refractivity contribution in [2.75, 3.05) is 0 Å². The maximum absolute atomic E-state index is 11.5. The zero-order chi connectivity index (χ0) is 31.6. The monoisotopic (exact) mass is 610 g/mol. The van der Waals surface area contributed by atoms with Gasteiger partial charge in [0.25, 0.3) is 0 Å². The first-order valence-electron chi connectivity index (χ1n) is 15.8. The number of aromatic nitrogens is 4. The highest BCUT2D eigenvalue weighted by Gasteiger charge is 2.23. The first-order chi connectivity index (χ1) is 22.5. The number of pyridine rings is 2. The van der Waals surface area contributed by atoms with E-state index in [1.807, 2.05) is 60.7 Å². The maximum Gasteiger partial charge on any atom is 0.231 e. The van der Waals surface area contributed by atoms with Crippen LogP contribution in [0.4, 0.5) is 0 Å². The summed E-state index contributed by atoms with van der Waals surface area (Å²) in [6, 6.07) is 22.7. The Balaban J connectivity index is 1.36. The highest BCUT2D eigenvalue weighted by atomic mass is 16.4. The Kier molecular flexibility index (Phi) is 7.93. The van der Waals surface area contributed by atoms with Crippen LogP contribution in [0.15, 0.2) is 94.0 Å². The second-order valence-electron chi connectivity index (χ2n) is 11.5. The van der Waals surface area contributed by atoms with Gasteiger partial charge in [-0.3, -0.25) is 9.97 Å². The van der Waals surface area contributed by atoms with Crippen LogP contribution in [0.2, 0.25) is 0 Å². The summed E-state index contributed by atoms with van der Waals surface area (Å²) in [6.07, 6.45) is 9.23. The van der Waals surface area contributed by atoms with Crippen molar-refractivity contribution in [3.8, 4) is 56.9 Å². The van der Waals surface area contributed by atoms with E-state index < -0.39 is 0 Å².